The van der Waals surface area contributed by atoms with Gasteiger partial charge in [0.15, 0.2) is 5.82 Å². The summed E-state index contributed by atoms with van der Waals surface area (Å²) in [4.78, 5) is 8.38. The highest BCUT2D eigenvalue weighted by molar-refractivity contribution is 5.59. The second kappa shape index (κ2) is 6.29. The molecule has 1 aromatic heterocycles. The third-order valence-electron chi connectivity index (χ3n) is 2.66. The molecule has 1 heterocycles. The van der Waals surface area contributed by atoms with Gasteiger partial charge in [-0.15, -0.1) is 0 Å². The molecule has 5 nitrogen and oxygen atoms in total. The van der Waals surface area contributed by atoms with E-state index in [-0.39, 0.29) is 5.82 Å². The third-order valence-corrected chi connectivity index (χ3v) is 2.66. The predicted octanol–water partition coefficient (Wildman–Crippen LogP) is 2.79. The molecule has 0 amide bonds. The average Bonchev–Trinajstić information content (AvgIpc) is 2.40. The number of nitrogens with two attached hydrogens (primary N) is 1. The molecule has 0 bridgehead atoms. The number of rotatable bonds is 5. The van der Waals surface area contributed by atoms with Crippen LogP contribution in [0, 0.1) is 12.7 Å². The van der Waals surface area contributed by atoms with E-state index in [0.29, 0.717) is 36.2 Å². The van der Waals surface area contributed by atoms with Crippen molar-refractivity contribution in [2.24, 2.45) is 0 Å². The minimum Gasteiger partial charge on any atom is -0.384 e. The Morgan fingerprint density at radius 2 is 2.10 bits per heavy atom. The molecular weight excluding hydrogens is 259 g/mol. The molecule has 0 fully saturated rings. The largest absolute Gasteiger partial charge is 0.384 e. The van der Waals surface area contributed by atoms with Gasteiger partial charge in [-0.3, -0.25) is 0 Å². The van der Waals surface area contributed by atoms with Crippen LogP contribution >= 0.6 is 0 Å². The topological polar surface area (TPSA) is 73.1 Å². The number of ether oxygens (including phenoxy) is 1. The van der Waals surface area contributed by atoms with E-state index < -0.39 is 0 Å². The number of aromatic nitrogens is 2. The molecule has 0 atom stereocenters. The molecule has 0 saturated heterocycles. The minimum atomic E-state index is -0.241. The maximum absolute atomic E-state index is 13.2. The fourth-order valence-corrected chi connectivity index (χ4v) is 1.71. The molecule has 0 radical (unpaired) electrons. The summed E-state index contributed by atoms with van der Waals surface area (Å²) in [6.07, 6.45) is 0. The minimum absolute atomic E-state index is 0.241. The number of halogens is 1. The maximum atomic E-state index is 13.2. The van der Waals surface area contributed by atoms with Crippen LogP contribution in [0.25, 0.3) is 0 Å². The lowest BCUT2D eigenvalue weighted by Crippen LogP contribution is -2.05. The van der Waals surface area contributed by atoms with Crippen LogP contribution in [0.15, 0.2) is 24.3 Å². The maximum Gasteiger partial charge on any atom is 0.158 e. The average molecular weight is 276 g/mol. The van der Waals surface area contributed by atoms with Gasteiger partial charge in [-0.25, -0.2) is 14.4 Å². The van der Waals surface area contributed by atoms with Crippen LogP contribution < -0.4 is 11.1 Å². The molecule has 0 aliphatic carbocycles. The summed E-state index contributed by atoms with van der Waals surface area (Å²) in [7, 11) is 0. The molecule has 0 spiro atoms. The monoisotopic (exact) mass is 276 g/mol. The van der Waals surface area contributed by atoms with E-state index in [9.17, 15) is 4.39 Å². The van der Waals surface area contributed by atoms with Gasteiger partial charge in [-0.05, 0) is 37.6 Å². The first-order valence-electron chi connectivity index (χ1n) is 6.33. The number of aryl methyl sites for hydroxylation is 1. The van der Waals surface area contributed by atoms with E-state index in [0.717, 1.165) is 5.69 Å². The highest BCUT2D eigenvalue weighted by Gasteiger charge is 2.05. The molecule has 3 N–H and O–H groups in total. The van der Waals surface area contributed by atoms with Gasteiger partial charge in [0, 0.05) is 18.4 Å². The Hall–Kier alpha value is -2.21. The SMILES string of the molecule is CCOCc1nc(N)cc(Nc2ccc(F)c(C)c2)n1. The van der Waals surface area contributed by atoms with Crippen molar-refractivity contribution in [1.29, 1.82) is 0 Å². The molecule has 0 aliphatic rings. The van der Waals surface area contributed by atoms with Gasteiger partial charge in [0.05, 0.1) is 0 Å². The first-order chi connectivity index (χ1) is 9.58. The number of hydrogen-bond acceptors (Lipinski definition) is 5. The van der Waals surface area contributed by atoms with E-state index in [1.54, 1.807) is 25.1 Å². The molecule has 2 rings (SSSR count). The summed E-state index contributed by atoms with van der Waals surface area (Å²) in [5, 5.41) is 3.08. The molecule has 1 aromatic carbocycles. The summed E-state index contributed by atoms with van der Waals surface area (Å²) >= 11 is 0. The van der Waals surface area contributed by atoms with Crippen LogP contribution in [0.5, 0.6) is 0 Å². The Morgan fingerprint density at radius 1 is 1.30 bits per heavy atom. The summed E-state index contributed by atoms with van der Waals surface area (Å²) in [5.74, 6) is 1.18. The van der Waals surface area contributed by atoms with E-state index in [1.165, 1.54) is 6.07 Å². The Kier molecular flexibility index (Phi) is 4.47. The smallest absolute Gasteiger partial charge is 0.158 e. The van der Waals surface area contributed by atoms with Crippen molar-refractivity contribution in [3.05, 3.63) is 41.5 Å². The quantitative estimate of drug-likeness (QED) is 0.878. The molecule has 20 heavy (non-hydrogen) atoms. The van der Waals surface area contributed by atoms with Crippen molar-refractivity contribution in [2.45, 2.75) is 20.5 Å². The van der Waals surface area contributed by atoms with E-state index in [2.05, 4.69) is 15.3 Å². The highest BCUT2D eigenvalue weighted by Crippen LogP contribution is 2.19. The highest BCUT2D eigenvalue weighted by atomic mass is 19.1. The Morgan fingerprint density at radius 3 is 2.80 bits per heavy atom. The number of nitrogen functional groups attached to an aromatic ring is 1. The number of anilines is 3. The number of nitrogens with zero attached hydrogens (tertiary/aromatic N) is 2. The standard InChI is InChI=1S/C14H17FN4O/c1-3-20-8-14-18-12(16)7-13(19-14)17-10-4-5-11(15)9(2)6-10/h4-7H,3,8H2,1-2H3,(H3,16,17,18,19). The molecule has 0 aliphatic heterocycles. The number of hydrogen-bond donors (Lipinski definition) is 2. The van der Waals surface area contributed by atoms with Gasteiger partial charge in [0.2, 0.25) is 0 Å². The van der Waals surface area contributed by atoms with Crippen LogP contribution in [-0.4, -0.2) is 16.6 Å². The fraction of sp³-hybridized carbons (Fsp3) is 0.286. The van der Waals surface area contributed by atoms with Crippen LogP contribution in [0.3, 0.4) is 0 Å². The van der Waals surface area contributed by atoms with Gasteiger partial charge in [-0.2, -0.15) is 0 Å². The number of benzene rings is 1. The number of nitrogens with one attached hydrogen (secondary N) is 1. The lowest BCUT2D eigenvalue weighted by molar-refractivity contribution is 0.128. The zero-order valence-electron chi connectivity index (χ0n) is 11.5. The molecule has 0 unspecified atom stereocenters. The summed E-state index contributed by atoms with van der Waals surface area (Å²) < 4.78 is 18.5. The normalized spacial score (nSPS) is 10.6. The van der Waals surface area contributed by atoms with Crippen LogP contribution in [0.4, 0.5) is 21.7 Å². The summed E-state index contributed by atoms with van der Waals surface area (Å²) in [6, 6.07) is 6.37. The lowest BCUT2D eigenvalue weighted by atomic mass is 10.2. The first-order valence-corrected chi connectivity index (χ1v) is 6.33. The zero-order chi connectivity index (χ0) is 14.5. The van der Waals surface area contributed by atoms with Gasteiger partial charge in [0.25, 0.3) is 0 Å². The van der Waals surface area contributed by atoms with E-state index >= 15 is 0 Å². The predicted molar refractivity (Wildman–Crippen MR) is 76.2 cm³/mol. The molecular formula is C14H17FN4O. The van der Waals surface area contributed by atoms with Crippen molar-refractivity contribution < 1.29 is 9.13 Å². The Labute approximate surface area is 117 Å². The van der Waals surface area contributed by atoms with Gasteiger partial charge >= 0.3 is 0 Å². The van der Waals surface area contributed by atoms with Crippen LogP contribution in [0.1, 0.15) is 18.3 Å². The molecule has 106 valence electrons. The lowest BCUT2D eigenvalue weighted by Gasteiger charge is -2.09. The van der Waals surface area contributed by atoms with Crippen molar-refractivity contribution in [2.75, 3.05) is 17.7 Å². The van der Waals surface area contributed by atoms with Crippen LogP contribution in [0.2, 0.25) is 0 Å². The van der Waals surface area contributed by atoms with Crippen molar-refractivity contribution >= 4 is 17.3 Å². The summed E-state index contributed by atoms with van der Waals surface area (Å²) in [5.41, 5.74) is 7.03. The zero-order valence-corrected chi connectivity index (χ0v) is 11.5. The van der Waals surface area contributed by atoms with Crippen molar-refractivity contribution in [3.63, 3.8) is 0 Å². The van der Waals surface area contributed by atoms with Crippen molar-refractivity contribution in [1.82, 2.24) is 9.97 Å². The third kappa shape index (κ3) is 3.64. The van der Waals surface area contributed by atoms with Gasteiger partial charge in [-0.1, -0.05) is 0 Å². The Bertz CT molecular complexity index is 604. The fourth-order valence-electron chi connectivity index (χ4n) is 1.71. The Balaban J connectivity index is 2.19. The van der Waals surface area contributed by atoms with Gasteiger partial charge < -0.3 is 15.8 Å². The first kappa shape index (κ1) is 14.2. The van der Waals surface area contributed by atoms with Crippen molar-refractivity contribution in [3.8, 4) is 0 Å². The molecule has 0 saturated carbocycles. The second-order valence-corrected chi connectivity index (χ2v) is 4.32. The van der Waals surface area contributed by atoms with E-state index in [4.69, 9.17) is 10.5 Å². The molecule has 2 aromatic rings. The summed E-state index contributed by atoms with van der Waals surface area (Å²) in [6.45, 7) is 4.48. The molecule has 6 heteroatoms. The van der Waals surface area contributed by atoms with E-state index in [1.807, 2.05) is 6.92 Å². The van der Waals surface area contributed by atoms with Gasteiger partial charge in [0.1, 0.15) is 24.1 Å². The van der Waals surface area contributed by atoms with Crippen LogP contribution in [-0.2, 0) is 11.3 Å². The second-order valence-electron chi connectivity index (χ2n) is 4.32.